The maximum atomic E-state index is 12.6. The fraction of sp³-hybridized carbons (Fsp3) is 0.526. The maximum Gasteiger partial charge on any atom is 0.547 e. The topological polar surface area (TPSA) is 105 Å². The molecular weight excluding hydrogens is 363 g/mol. The predicted molar refractivity (Wildman–Crippen MR) is 102 cm³/mol. The van der Waals surface area contributed by atoms with Crippen molar-refractivity contribution in [2.24, 2.45) is 5.92 Å². The van der Waals surface area contributed by atoms with E-state index >= 15 is 0 Å². The Bertz CT molecular complexity index is 763. The van der Waals surface area contributed by atoms with Gasteiger partial charge in [0.05, 0.1) is 12.5 Å². The zero-order valence-corrected chi connectivity index (χ0v) is 16.1. The van der Waals surface area contributed by atoms with Crippen LogP contribution in [0, 0.1) is 5.92 Å². The van der Waals surface area contributed by atoms with Crippen LogP contribution in [0.3, 0.4) is 0 Å². The Morgan fingerprint density at radius 2 is 2.04 bits per heavy atom. The van der Waals surface area contributed by atoms with Crippen molar-refractivity contribution in [1.29, 1.82) is 0 Å². The Balaban J connectivity index is 1.65. The van der Waals surface area contributed by atoms with E-state index in [0.29, 0.717) is 38.1 Å². The molecule has 2 amide bonds. The molecule has 1 aromatic rings. The van der Waals surface area contributed by atoms with Gasteiger partial charge in [0.1, 0.15) is 11.3 Å². The lowest BCUT2D eigenvalue weighted by molar-refractivity contribution is -0.134. The van der Waals surface area contributed by atoms with Gasteiger partial charge in [-0.25, -0.2) is 4.79 Å². The van der Waals surface area contributed by atoms with Crippen molar-refractivity contribution >= 4 is 24.9 Å². The maximum absolute atomic E-state index is 12.6. The van der Waals surface area contributed by atoms with E-state index in [9.17, 15) is 19.4 Å². The summed E-state index contributed by atoms with van der Waals surface area (Å²) in [6.45, 7) is 4.60. The SMILES string of the molecule is CCOC(=O)c1cccc2c1OB(O)[C@@H](NC(=O)C1CCN(C(C)=O)CC1)C2. The fourth-order valence-electron chi connectivity index (χ4n) is 3.67. The number of para-hydroxylation sites is 1. The van der Waals surface area contributed by atoms with Crippen molar-refractivity contribution in [3.63, 3.8) is 0 Å². The van der Waals surface area contributed by atoms with Gasteiger partial charge in [0.2, 0.25) is 11.8 Å². The first-order valence-electron chi connectivity index (χ1n) is 9.60. The van der Waals surface area contributed by atoms with Gasteiger partial charge >= 0.3 is 13.1 Å². The lowest BCUT2D eigenvalue weighted by Gasteiger charge is -2.33. The first-order chi connectivity index (χ1) is 13.4. The van der Waals surface area contributed by atoms with Crippen molar-refractivity contribution in [3.05, 3.63) is 29.3 Å². The molecular formula is C19H25BN2O6. The summed E-state index contributed by atoms with van der Waals surface area (Å²) in [7, 11) is -1.26. The van der Waals surface area contributed by atoms with E-state index in [0.717, 1.165) is 5.56 Å². The molecule has 0 aliphatic carbocycles. The normalized spacial score (nSPS) is 19.5. The van der Waals surface area contributed by atoms with Crippen LogP contribution in [0.15, 0.2) is 18.2 Å². The smallest absolute Gasteiger partial charge is 0.534 e. The highest BCUT2D eigenvalue weighted by atomic mass is 16.5. The third kappa shape index (κ3) is 4.30. The van der Waals surface area contributed by atoms with E-state index in [1.165, 1.54) is 6.92 Å². The van der Waals surface area contributed by atoms with Crippen LogP contribution in [-0.4, -0.2) is 60.5 Å². The second-order valence-corrected chi connectivity index (χ2v) is 7.12. The zero-order valence-electron chi connectivity index (χ0n) is 16.1. The minimum atomic E-state index is -1.26. The molecule has 0 unspecified atom stereocenters. The van der Waals surface area contributed by atoms with Crippen LogP contribution in [0.1, 0.15) is 42.6 Å². The summed E-state index contributed by atoms with van der Waals surface area (Å²) in [5, 5.41) is 13.2. The van der Waals surface area contributed by atoms with Crippen LogP contribution in [0.25, 0.3) is 0 Å². The van der Waals surface area contributed by atoms with Crippen LogP contribution >= 0.6 is 0 Å². The van der Waals surface area contributed by atoms with Gasteiger partial charge in [-0.15, -0.1) is 0 Å². The second kappa shape index (κ2) is 8.64. The van der Waals surface area contributed by atoms with Crippen LogP contribution in [0.2, 0.25) is 0 Å². The molecule has 0 saturated carbocycles. The molecule has 0 radical (unpaired) electrons. The highest BCUT2D eigenvalue weighted by Gasteiger charge is 2.39. The number of hydrogen-bond acceptors (Lipinski definition) is 6. The molecule has 2 heterocycles. The molecule has 1 saturated heterocycles. The van der Waals surface area contributed by atoms with E-state index < -0.39 is 19.0 Å². The van der Waals surface area contributed by atoms with E-state index in [2.05, 4.69) is 5.32 Å². The minimum absolute atomic E-state index is 0.0176. The Kier molecular flexibility index (Phi) is 6.23. The van der Waals surface area contributed by atoms with E-state index in [1.807, 2.05) is 0 Å². The lowest BCUT2D eigenvalue weighted by Crippen LogP contribution is -2.55. The van der Waals surface area contributed by atoms with Crippen molar-refractivity contribution in [2.45, 2.75) is 39.1 Å². The van der Waals surface area contributed by atoms with Crippen LogP contribution < -0.4 is 9.97 Å². The monoisotopic (exact) mass is 388 g/mol. The second-order valence-electron chi connectivity index (χ2n) is 7.12. The Morgan fingerprint density at radius 1 is 1.32 bits per heavy atom. The molecule has 3 rings (SSSR count). The highest BCUT2D eigenvalue weighted by molar-refractivity contribution is 6.47. The van der Waals surface area contributed by atoms with Crippen molar-refractivity contribution in [1.82, 2.24) is 10.2 Å². The zero-order chi connectivity index (χ0) is 20.3. The first kappa shape index (κ1) is 20.2. The van der Waals surface area contributed by atoms with E-state index in [-0.39, 0.29) is 29.9 Å². The first-order valence-corrected chi connectivity index (χ1v) is 9.60. The van der Waals surface area contributed by atoms with E-state index in [4.69, 9.17) is 9.39 Å². The van der Waals surface area contributed by atoms with Crippen molar-refractivity contribution in [3.8, 4) is 5.75 Å². The number of likely N-dealkylation sites (tertiary alicyclic amines) is 1. The molecule has 2 aliphatic rings. The number of esters is 1. The molecule has 2 N–H and O–H groups in total. The van der Waals surface area contributed by atoms with Gasteiger partial charge in [-0.2, -0.15) is 0 Å². The third-order valence-electron chi connectivity index (χ3n) is 5.25. The predicted octanol–water partition coefficient (Wildman–Crippen LogP) is 0.561. The van der Waals surface area contributed by atoms with Gasteiger partial charge in [0, 0.05) is 25.9 Å². The number of amides is 2. The number of ether oxygens (including phenoxy) is 1. The average molecular weight is 388 g/mol. The van der Waals surface area contributed by atoms with Gasteiger partial charge in [-0.1, -0.05) is 12.1 Å². The van der Waals surface area contributed by atoms with Gasteiger partial charge in [-0.3, -0.25) is 9.59 Å². The summed E-state index contributed by atoms with van der Waals surface area (Å²) in [5.41, 5.74) is 0.993. The van der Waals surface area contributed by atoms with Crippen LogP contribution in [0.4, 0.5) is 0 Å². The molecule has 28 heavy (non-hydrogen) atoms. The molecule has 0 spiro atoms. The number of hydrogen-bond donors (Lipinski definition) is 2. The standard InChI is InChI=1S/C19H25BN2O6/c1-3-27-19(25)15-6-4-5-14-11-16(20(26)28-17(14)15)21-18(24)13-7-9-22(10-8-13)12(2)23/h4-6,13,16,26H,3,7-11H2,1-2H3,(H,21,24)/t16-/m0/s1. The number of fused-ring (bicyclic) bond motifs is 1. The quantitative estimate of drug-likeness (QED) is 0.577. The van der Waals surface area contributed by atoms with Crippen molar-refractivity contribution in [2.75, 3.05) is 19.7 Å². The average Bonchev–Trinajstić information content (AvgIpc) is 2.68. The Hall–Kier alpha value is -2.55. The Labute approximate surface area is 164 Å². The number of piperidine rings is 1. The molecule has 2 aliphatic heterocycles. The summed E-state index contributed by atoms with van der Waals surface area (Å²) in [6, 6.07) is 5.11. The van der Waals surface area contributed by atoms with Gasteiger partial charge in [0.25, 0.3) is 0 Å². The summed E-state index contributed by atoms with van der Waals surface area (Å²) >= 11 is 0. The largest absolute Gasteiger partial charge is 0.547 e. The van der Waals surface area contributed by atoms with E-state index in [1.54, 1.807) is 30.0 Å². The lowest BCUT2D eigenvalue weighted by atomic mass is 9.72. The van der Waals surface area contributed by atoms with Crippen molar-refractivity contribution < 1.29 is 28.8 Å². The molecule has 0 aromatic heterocycles. The van der Waals surface area contributed by atoms with Crippen LogP contribution in [-0.2, 0) is 20.7 Å². The molecule has 0 bridgehead atoms. The van der Waals surface area contributed by atoms with Gasteiger partial charge in [-0.05, 0) is 37.8 Å². The molecule has 1 atom stereocenters. The number of carbonyl (C=O) groups is 3. The van der Waals surface area contributed by atoms with Gasteiger partial charge in [0.15, 0.2) is 0 Å². The summed E-state index contributed by atoms with van der Waals surface area (Å²) in [6.07, 6.45) is 1.54. The number of nitrogens with one attached hydrogen (secondary N) is 1. The highest BCUT2D eigenvalue weighted by Crippen LogP contribution is 2.31. The number of rotatable bonds is 4. The number of carbonyl (C=O) groups excluding carboxylic acids is 3. The Morgan fingerprint density at radius 3 is 2.68 bits per heavy atom. The molecule has 1 aromatic carbocycles. The fourth-order valence-corrected chi connectivity index (χ4v) is 3.67. The summed E-state index contributed by atoms with van der Waals surface area (Å²) in [4.78, 5) is 37.8. The molecule has 8 nitrogen and oxygen atoms in total. The molecule has 1 fully saturated rings. The number of benzene rings is 1. The number of nitrogens with zero attached hydrogens (tertiary/aromatic N) is 1. The molecule has 150 valence electrons. The van der Waals surface area contributed by atoms with Gasteiger partial charge < -0.3 is 24.6 Å². The minimum Gasteiger partial charge on any atom is -0.534 e. The third-order valence-corrected chi connectivity index (χ3v) is 5.25. The summed E-state index contributed by atoms with van der Waals surface area (Å²) in [5.74, 6) is -1.15. The summed E-state index contributed by atoms with van der Waals surface area (Å²) < 4.78 is 10.6. The molecule has 9 heteroatoms. The van der Waals surface area contributed by atoms with Crippen LogP contribution in [0.5, 0.6) is 5.75 Å².